The van der Waals surface area contributed by atoms with Crippen molar-refractivity contribution in [3.05, 3.63) is 35.9 Å². The van der Waals surface area contributed by atoms with E-state index in [4.69, 9.17) is 18.9 Å². The normalized spacial score (nSPS) is 48.0. The lowest BCUT2D eigenvalue weighted by Crippen LogP contribution is -2.60. The minimum absolute atomic E-state index is 0.0458. The zero-order valence-corrected chi connectivity index (χ0v) is 31.5. The summed E-state index contributed by atoms with van der Waals surface area (Å²) in [5, 5.41) is 23.5. The first-order valence-electron chi connectivity index (χ1n) is 19.9. The van der Waals surface area contributed by atoms with Gasteiger partial charge < -0.3 is 29.2 Å². The molecule has 1 aromatic rings. The second-order valence-corrected chi connectivity index (χ2v) is 19.2. The fourth-order valence-electron chi connectivity index (χ4n) is 14.1. The van der Waals surface area contributed by atoms with Crippen molar-refractivity contribution >= 4 is 0 Å². The first-order chi connectivity index (χ1) is 23.2. The molecular weight excluding hydrogens is 614 g/mol. The van der Waals surface area contributed by atoms with Gasteiger partial charge in [-0.15, -0.1) is 0 Å². The molecule has 7 heteroatoms. The van der Waals surface area contributed by atoms with Gasteiger partial charge in [0.15, 0.2) is 6.29 Å². The van der Waals surface area contributed by atoms with Gasteiger partial charge in [-0.25, -0.2) is 0 Å². The Kier molecular flexibility index (Phi) is 8.56. The molecule has 13 atom stereocenters. The summed E-state index contributed by atoms with van der Waals surface area (Å²) in [4.78, 5) is 2.49. The quantitative estimate of drug-likeness (QED) is 0.307. The molecule has 5 aliphatic carbocycles. The zero-order valence-electron chi connectivity index (χ0n) is 31.5. The van der Waals surface area contributed by atoms with Crippen LogP contribution in [0.5, 0.6) is 0 Å². The fourth-order valence-corrected chi connectivity index (χ4v) is 14.1. The number of hydrogen-bond acceptors (Lipinski definition) is 7. The average Bonchev–Trinajstić information content (AvgIpc) is 3.70. The van der Waals surface area contributed by atoms with Crippen LogP contribution < -0.4 is 0 Å². The van der Waals surface area contributed by atoms with Gasteiger partial charge in [0.2, 0.25) is 0 Å². The van der Waals surface area contributed by atoms with E-state index in [1.165, 1.54) is 44.1 Å². The van der Waals surface area contributed by atoms with Crippen LogP contribution in [-0.4, -0.2) is 83.8 Å². The molecule has 0 radical (unpaired) electrons. The molecule has 8 rings (SSSR count). The second kappa shape index (κ2) is 12.0. The Morgan fingerprint density at radius 2 is 1.69 bits per heavy atom. The van der Waals surface area contributed by atoms with Crippen molar-refractivity contribution < 1.29 is 29.2 Å². The fraction of sp³-hybridized carbons (Fsp3) is 0.857. The van der Waals surface area contributed by atoms with Crippen LogP contribution in [0.3, 0.4) is 0 Å². The standard InChI is InChI=1S/C42H65NO6/c1-8-46-36(38(4,5)45)29-15-14-28-34(48-29)35(44)40(7)31-17-16-30-37(2,3)32(18-19-41(30)26-42(31,41)21-20-39(28,40)6)49-33-25-43(22-23-47-33)24-27-12-10-9-11-13-27/h9-13,28-36,44-45H,8,14-26H2,1-7H3/t28-,29?,30?,31?,32-,33-,34?,35-,36-,39+,40+,41+,42?/m0/s1. The number of fused-ring (bicyclic) bond motifs is 4. The summed E-state index contributed by atoms with van der Waals surface area (Å²) in [5.74, 6) is 1.48. The van der Waals surface area contributed by atoms with E-state index in [1.54, 1.807) is 0 Å². The minimum Gasteiger partial charge on any atom is -0.390 e. The topological polar surface area (TPSA) is 80.6 Å². The molecule has 274 valence electrons. The molecule has 5 saturated carbocycles. The number of aliphatic hydroxyl groups excluding tert-OH is 1. The number of rotatable bonds is 8. The maximum Gasteiger partial charge on any atom is 0.170 e. The lowest BCUT2D eigenvalue weighted by molar-refractivity contribution is -0.249. The van der Waals surface area contributed by atoms with Crippen molar-refractivity contribution in [2.75, 3.05) is 26.3 Å². The predicted molar refractivity (Wildman–Crippen MR) is 190 cm³/mol. The lowest BCUT2D eigenvalue weighted by Gasteiger charge is -2.63. The van der Waals surface area contributed by atoms with Crippen LogP contribution in [0, 0.1) is 44.8 Å². The van der Waals surface area contributed by atoms with Crippen LogP contribution in [-0.2, 0) is 25.5 Å². The van der Waals surface area contributed by atoms with Gasteiger partial charge in [0.05, 0.1) is 36.6 Å². The summed E-state index contributed by atoms with van der Waals surface area (Å²) in [7, 11) is 0. The summed E-state index contributed by atoms with van der Waals surface area (Å²) in [6.07, 6.45) is 9.15. The highest BCUT2D eigenvalue weighted by Crippen LogP contribution is 2.89. The Bertz CT molecular complexity index is 1360. The number of nitrogens with zero attached hydrogens (tertiary/aromatic N) is 1. The van der Waals surface area contributed by atoms with Gasteiger partial charge in [0.1, 0.15) is 6.10 Å². The van der Waals surface area contributed by atoms with Crippen LogP contribution in [0.15, 0.2) is 30.3 Å². The maximum atomic E-state index is 12.5. The first kappa shape index (κ1) is 35.0. The van der Waals surface area contributed by atoms with E-state index in [1.807, 2.05) is 20.8 Å². The largest absolute Gasteiger partial charge is 0.390 e. The predicted octanol–water partition coefficient (Wildman–Crippen LogP) is 6.97. The van der Waals surface area contributed by atoms with Crippen LogP contribution in [0.1, 0.15) is 112 Å². The second-order valence-electron chi connectivity index (χ2n) is 19.2. The van der Waals surface area contributed by atoms with Crippen molar-refractivity contribution in [2.45, 2.75) is 155 Å². The third-order valence-electron chi connectivity index (χ3n) is 16.5. The maximum absolute atomic E-state index is 12.5. The number of morpholine rings is 1. The van der Waals surface area contributed by atoms with E-state index >= 15 is 0 Å². The van der Waals surface area contributed by atoms with E-state index in [2.05, 4.69) is 62.9 Å². The lowest BCUT2D eigenvalue weighted by atomic mass is 9.41. The van der Waals surface area contributed by atoms with Gasteiger partial charge in [-0.3, -0.25) is 4.90 Å². The molecule has 7 nitrogen and oxygen atoms in total. The third-order valence-corrected chi connectivity index (χ3v) is 16.5. The molecule has 2 saturated heterocycles. The van der Waals surface area contributed by atoms with E-state index in [-0.39, 0.29) is 40.8 Å². The molecule has 2 aliphatic heterocycles. The molecule has 0 bridgehead atoms. The van der Waals surface area contributed by atoms with E-state index in [0.717, 1.165) is 45.5 Å². The summed E-state index contributed by atoms with van der Waals surface area (Å²) < 4.78 is 26.2. The van der Waals surface area contributed by atoms with Crippen LogP contribution in [0.2, 0.25) is 0 Å². The molecule has 2 N–H and O–H groups in total. The molecule has 0 aromatic heterocycles. The summed E-state index contributed by atoms with van der Waals surface area (Å²) in [6.45, 7) is 19.6. The van der Waals surface area contributed by atoms with Gasteiger partial charge in [-0.1, -0.05) is 58.0 Å². The molecule has 7 aliphatic rings. The molecule has 2 spiro atoms. The highest BCUT2D eigenvalue weighted by atomic mass is 16.7. The van der Waals surface area contributed by atoms with Crippen LogP contribution >= 0.6 is 0 Å². The van der Waals surface area contributed by atoms with E-state index in [9.17, 15) is 10.2 Å². The Labute approximate surface area is 295 Å². The summed E-state index contributed by atoms with van der Waals surface area (Å²) in [5.41, 5.74) is 0.949. The number of benzene rings is 1. The van der Waals surface area contributed by atoms with Gasteiger partial charge in [0.25, 0.3) is 0 Å². The highest BCUT2D eigenvalue weighted by molar-refractivity contribution is 5.32. The summed E-state index contributed by atoms with van der Waals surface area (Å²) in [6, 6.07) is 10.8. The van der Waals surface area contributed by atoms with Crippen molar-refractivity contribution in [1.29, 1.82) is 0 Å². The Morgan fingerprint density at radius 1 is 0.959 bits per heavy atom. The van der Waals surface area contributed by atoms with Crippen LogP contribution in [0.4, 0.5) is 0 Å². The molecule has 1 aromatic carbocycles. The molecule has 49 heavy (non-hydrogen) atoms. The SMILES string of the molecule is CCO[C@@H](C1CC[C@H]2C(O1)[C@H](O)[C@@]1(C)C3CCC4C(C)(C)[C@@H](O[C@H]5CN(Cc6ccccc6)CCO5)CC[C@@]45CC35CC[C@]21C)C(C)(C)O. The molecular formula is C42H65NO6. The van der Waals surface area contributed by atoms with E-state index < -0.39 is 17.8 Å². The van der Waals surface area contributed by atoms with Gasteiger partial charge >= 0.3 is 0 Å². The minimum atomic E-state index is -1.000. The molecule has 5 unspecified atom stereocenters. The molecule has 7 fully saturated rings. The van der Waals surface area contributed by atoms with Crippen LogP contribution in [0.25, 0.3) is 0 Å². The number of ether oxygens (including phenoxy) is 4. The number of aliphatic hydroxyl groups is 2. The number of hydrogen-bond donors (Lipinski definition) is 2. The van der Waals surface area contributed by atoms with Crippen molar-refractivity contribution in [2.24, 2.45) is 44.8 Å². The highest BCUT2D eigenvalue weighted by Gasteiger charge is 2.84. The van der Waals surface area contributed by atoms with Gasteiger partial charge in [-0.05, 0) is 124 Å². The third kappa shape index (κ3) is 5.06. The van der Waals surface area contributed by atoms with Gasteiger partial charge in [0, 0.05) is 31.7 Å². The Balaban J connectivity index is 0.987. The van der Waals surface area contributed by atoms with E-state index in [0.29, 0.717) is 35.2 Å². The molecule has 0 amide bonds. The Hall–Kier alpha value is -1.06. The van der Waals surface area contributed by atoms with Crippen molar-refractivity contribution in [1.82, 2.24) is 4.90 Å². The monoisotopic (exact) mass is 679 g/mol. The van der Waals surface area contributed by atoms with Crippen molar-refractivity contribution in [3.8, 4) is 0 Å². The smallest absolute Gasteiger partial charge is 0.170 e. The first-order valence-corrected chi connectivity index (χ1v) is 19.9. The summed E-state index contributed by atoms with van der Waals surface area (Å²) >= 11 is 0. The van der Waals surface area contributed by atoms with Gasteiger partial charge in [-0.2, -0.15) is 0 Å². The molecule has 2 heterocycles. The zero-order chi connectivity index (χ0) is 34.6. The van der Waals surface area contributed by atoms with Crippen molar-refractivity contribution in [3.63, 3.8) is 0 Å². The average molecular weight is 680 g/mol. The Morgan fingerprint density at radius 3 is 2.43 bits per heavy atom.